The zero-order chi connectivity index (χ0) is 31.7. The van der Waals surface area contributed by atoms with Crippen molar-refractivity contribution in [2.24, 2.45) is 5.92 Å². The van der Waals surface area contributed by atoms with Gasteiger partial charge in [-0.3, -0.25) is 9.59 Å². The SMILES string of the molecule is C=C(C/C=C\SC)c1nc2ccccc2c2c1CCN2C(=O)[C@H]1CC(F)(F)CC[C@H]1NC(=O)c1ccc(-n2ccc(C)n2)cc1. The van der Waals surface area contributed by atoms with Crippen LogP contribution in [0.3, 0.4) is 0 Å². The molecule has 0 bridgehead atoms. The quantitative estimate of drug-likeness (QED) is 0.225. The molecule has 2 aliphatic rings. The number of fused-ring (bicyclic) bond motifs is 3. The van der Waals surface area contributed by atoms with E-state index in [0.29, 0.717) is 36.2 Å². The number of carbonyl (C=O) groups is 2. The molecule has 2 amide bonds. The molecule has 6 rings (SSSR count). The zero-order valence-corrected chi connectivity index (χ0v) is 26.1. The number of benzene rings is 2. The summed E-state index contributed by atoms with van der Waals surface area (Å²) in [4.78, 5) is 34.2. The minimum atomic E-state index is -3.00. The van der Waals surface area contributed by atoms with Crippen molar-refractivity contribution in [2.45, 2.75) is 51.0 Å². The number of hydrogen-bond acceptors (Lipinski definition) is 5. The second-order valence-electron chi connectivity index (χ2n) is 11.7. The highest BCUT2D eigenvalue weighted by molar-refractivity contribution is 8.01. The molecule has 0 unspecified atom stereocenters. The lowest BCUT2D eigenvalue weighted by atomic mass is 9.81. The summed E-state index contributed by atoms with van der Waals surface area (Å²) in [7, 11) is 0. The minimum Gasteiger partial charge on any atom is -0.348 e. The van der Waals surface area contributed by atoms with E-state index >= 15 is 0 Å². The summed E-state index contributed by atoms with van der Waals surface area (Å²) in [5, 5.41) is 10.1. The van der Waals surface area contributed by atoms with Crippen LogP contribution in [0.25, 0.3) is 22.2 Å². The number of amides is 2. The molecule has 2 aromatic carbocycles. The predicted octanol–water partition coefficient (Wildman–Crippen LogP) is 7.13. The maximum Gasteiger partial charge on any atom is 0.251 e. The zero-order valence-electron chi connectivity index (χ0n) is 25.3. The fraction of sp³-hybridized carbons (Fsp3) is 0.314. The fourth-order valence-corrected chi connectivity index (χ4v) is 6.64. The summed E-state index contributed by atoms with van der Waals surface area (Å²) in [5.74, 6) is -4.90. The summed E-state index contributed by atoms with van der Waals surface area (Å²) in [6.45, 7) is 6.52. The molecule has 45 heavy (non-hydrogen) atoms. The number of halogens is 2. The highest BCUT2D eigenvalue weighted by atomic mass is 32.2. The minimum absolute atomic E-state index is 0.00140. The number of allylic oxidation sites excluding steroid dienone is 2. The second-order valence-corrected chi connectivity index (χ2v) is 12.4. The highest BCUT2D eigenvalue weighted by Crippen LogP contribution is 2.43. The lowest BCUT2D eigenvalue weighted by molar-refractivity contribution is -0.131. The molecule has 1 aliphatic heterocycles. The molecule has 1 N–H and O–H groups in total. The Bertz CT molecular complexity index is 1800. The van der Waals surface area contributed by atoms with Crippen molar-refractivity contribution < 1.29 is 18.4 Å². The first kappa shape index (κ1) is 30.7. The Kier molecular flexibility index (Phi) is 8.59. The van der Waals surface area contributed by atoms with Crippen molar-refractivity contribution in [2.75, 3.05) is 17.7 Å². The Morgan fingerprint density at radius 3 is 2.67 bits per heavy atom. The van der Waals surface area contributed by atoms with Crippen LogP contribution in [0.1, 0.15) is 53.0 Å². The largest absolute Gasteiger partial charge is 0.348 e. The van der Waals surface area contributed by atoms with Crippen molar-refractivity contribution in [3.05, 3.63) is 101 Å². The van der Waals surface area contributed by atoms with E-state index < -0.39 is 42.5 Å². The summed E-state index contributed by atoms with van der Waals surface area (Å²) in [5.41, 5.74) is 5.95. The van der Waals surface area contributed by atoms with Gasteiger partial charge in [0.1, 0.15) is 0 Å². The Balaban J connectivity index is 1.28. The third-order valence-corrected chi connectivity index (χ3v) is 9.06. The van der Waals surface area contributed by atoms with Crippen molar-refractivity contribution >= 4 is 45.7 Å². The van der Waals surface area contributed by atoms with Crippen molar-refractivity contribution in [3.8, 4) is 5.69 Å². The van der Waals surface area contributed by atoms with E-state index in [2.05, 4.69) is 17.0 Å². The van der Waals surface area contributed by atoms with Crippen molar-refractivity contribution in [1.29, 1.82) is 0 Å². The number of para-hydroxylation sites is 1. The van der Waals surface area contributed by atoms with Gasteiger partial charge in [-0.1, -0.05) is 30.9 Å². The average Bonchev–Trinajstić information content (AvgIpc) is 3.68. The molecule has 10 heteroatoms. The Labute approximate surface area is 265 Å². The number of carbonyl (C=O) groups excluding carboxylic acids is 2. The summed E-state index contributed by atoms with van der Waals surface area (Å²) in [6, 6.07) is 15.6. The summed E-state index contributed by atoms with van der Waals surface area (Å²) >= 11 is 1.60. The predicted molar refractivity (Wildman–Crippen MR) is 176 cm³/mol. The molecular formula is C35H35F2N5O2S. The van der Waals surface area contributed by atoms with Crippen LogP contribution in [0, 0.1) is 12.8 Å². The number of nitrogens with zero attached hydrogens (tertiary/aromatic N) is 4. The van der Waals surface area contributed by atoms with Crippen LogP contribution in [0.4, 0.5) is 14.5 Å². The standard InChI is InChI=1S/C35H35F2N5O2S/c1-22(7-6-20-45-3)31-27-16-18-41(32(27)26-8-4-5-9-29(26)38-31)34(44)28-21-35(36,37)17-14-30(28)39-33(43)24-10-12-25(13-11-24)42-19-15-23(2)40-42/h4-6,8-13,15,19-20,28,30H,1,7,14,16-18,21H2,2-3H3,(H,39,43)/b20-6-/t28-,30+/m0/s1. The molecule has 4 aromatic rings. The number of aryl methyl sites for hydroxylation is 1. The van der Waals surface area contributed by atoms with Gasteiger partial charge in [-0.25, -0.2) is 18.4 Å². The maximum absolute atomic E-state index is 14.9. The maximum atomic E-state index is 14.9. The number of hydrogen-bond donors (Lipinski definition) is 1. The van der Waals surface area contributed by atoms with Gasteiger partial charge in [-0.15, -0.1) is 11.8 Å². The first-order chi connectivity index (χ1) is 21.6. The first-order valence-electron chi connectivity index (χ1n) is 15.1. The summed E-state index contributed by atoms with van der Waals surface area (Å²) < 4.78 is 31.5. The second kappa shape index (κ2) is 12.6. The lowest BCUT2D eigenvalue weighted by Crippen LogP contribution is -2.52. The topological polar surface area (TPSA) is 80.1 Å². The van der Waals surface area contributed by atoms with Crippen LogP contribution in [-0.2, 0) is 11.2 Å². The van der Waals surface area contributed by atoms with Crippen LogP contribution in [-0.4, -0.2) is 51.3 Å². The molecule has 3 heterocycles. The molecule has 1 fully saturated rings. The van der Waals surface area contributed by atoms with E-state index in [9.17, 15) is 18.4 Å². The third-order valence-electron chi connectivity index (χ3n) is 8.59. The summed E-state index contributed by atoms with van der Waals surface area (Å²) in [6.07, 6.45) is 5.98. The molecular weight excluding hydrogens is 592 g/mol. The smallest absolute Gasteiger partial charge is 0.251 e. The van der Waals surface area contributed by atoms with Crippen molar-refractivity contribution in [1.82, 2.24) is 20.1 Å². The molecule has 0 spiro atoms. The number of alkyl halides is 2. The molecule has 2 atom stereocenters. The van der Waals surface area contributed by atoms with E-state index in [1.807, 2.05) is 61.2 Å². The first-order valence-corrected chi connectivity index (χ1v) is 16.3. The number of nitrogens with one attached hydrogen (secondary N) is 1. The Morgan fingerprint density at radius 1 is 1.16 bits per heavy atom. The van der Waals surface area contributed by atoms with Gasteiger partial charge in [0.05, 0.1) is 34.2 Å². The van der Waals surface area contributed by atoms with Crippen LogP contribution in [0.15, 0.2) is 78.9 Å². The lowest BCUT2D eigenvalue weighted by Gasteiger charge is -2.37. The highest BCUT2D eigenvalue weighted by Gasteiger charge is 2.47. The van der Waals surface area contributed by atoms with Gasteiger partial charge in [-0.2, -0.15) is 5.10 Å². The van der Waals surface area contributed by atoms with Gasteiger partial charge >= 0.3 is 0 Å². The molecule has 2 aromatic heterocycles. The Morgan fingerprint density at radius 2 is 1.93 bits per heavy atom. The number of anilines is 1. The van der Waals surface area contributed by atoms with Gasteiger partial charge in [0.2, 0.25) is 11.8 Å². The molecule has 1 saturated carbocycles. The van der Waals surface area contributed by atoms with Crippen LogP contribution >= 0.6 is 11.8 Å². The number of pyridine rings is 1. The van der Waals surface area contributed by atoms with Crippen LogP contribution in [0.5, 0.6) is 0 Å². The van der Waals surface area contributed by atoms with Crippen LogP contribution in [0.2, 0.25) is 0 Å². The number of aromatic nitrogens is 3. The molecule has 0 radical (unpaired) electrons. The monoisotopic (exact) mass is 627 g/mol. The van der Waals surface area contributed by atoms with Crippen molar-refractivity contribution in [3.63, 3.8) is 0 Å². The normalized spacial score (nSPS) is 19.2. The van der Waals surface area contributed by atoms with Gasteiger partial charge in [-0.05, 0) is 79.8 Å². The average molecular weight is 628 g/mol. The third kappa shape index (κ3) is 6.29. The van der Waals surface area contributed by atoms with Gasteiger partial charge < -0.3 is 10.2 Å². The molecule has 1 aliphatic carbocycles. The van der Waals surface area contributed by atoms with E-state index in [4.69, 9.17) is 4.98 Å². The van der Waals surface area contributed by atoms with Crippen LogP contribution < -0.4 is 10.2 Å². The number of rotatable bonds is 8. The fourth-order valence-electron chi connectivity index (χ4n) is 6.35. The molecule has 0 saturated heterocycles. The van der Waals surface area contributed by atoms with E-state index in [0.717, 1.165) is 33.6 Å². The van der Waals surface area contributed by atoms with E-state index in [1.54, 1.807) is 45.6 Å². The van der Waals surface area contributed by atoms with Gasteiger partial charge in [0, 0.05) is 48.1 Å². The Hall–Kier alpha value is -4.31. The van der Waals surface area contributed by atoms with E-state index in [-0.39, 0.29) is 6.42 Å². The number of thioether (sulfide) groups is 1. The molecule has 232 valence electrons. The molecule has 7 nitrogen and oxygen atoms in total. The van der Waals surface area contributed by atoms with Gasteiger partial charge in [0.15, 0.2) is 0 Å². The van der Waals surface area contributed by atoms with Gasteiger partial charge in [0.25, 0.3) is 5.91 Å². The van der Waals surface area contributed by atoms with E-state index in [1.165, 1.54) is 0 Å².